The summed E-state index contributed by atoms with van der Waals surface area (Å²) < 4.78 is 0. The molecule has 1 rings (SSSR count). The fourth-order valence-electron chi connectivity index (χ4n) is 1.89. The Bertz CT molecular complexity index is 93.7. The van der Waals surface area contributed by atoms with Crippen LogP contribution in [0.3, 0.4) is 0 Å². The van der Waals surface area contributed by atoms with Crippen LogP contribution < -0.4 is 5.32 Å². The monoisotopic (exact) mass is 156 g/mol. The lowest BCUT2D eigenvalue weighted by atomic mass is 10.1. The SMILES string of the molecule is CCN(CC)[C@@H]1CCCNC1. The van der Waals surface area contributed by atoms with E-state index in [4.69, 9.17) is 0 Å². The van der Waals surface area contributed by atoms with Crippen molar-refractivity contribution in [2.24, 2.45) is 0 Å². The highest BCUT2D eigenvalue weighted by atomic mass is 15.2. The van der Waals surface area contributed by atoms with Crippen LogP contribution in [-0.4, -0.2) is 37.1 Å². The number of nitrogens with zero attached hydrogens (tertiary/aromatic N) is 1. The lowest BCUT2D eigenvalue weighted by Crippen LogP contribution is -2.45. The van der Waals surface area contributed by atoms with Crippen molar-refractivity contribution < 1.29 is 0 Å². The van der Waals surface area contributed by atoms with Gasteiger partial charge < -0.3 is 5.32 Å². The molecular formula is C9H20N2. The van der Waals surface area contributed by atoms with Gasteiger partial charge in [0.25, 0.3) is 0 Å². The highest BCUT2D eigenvalue weighted by Gasteiger charge is 2.17. The van der Waals surface area contributed by atoms with E-state index < -0.39 is 0 Å². The van der Waals surface area contributed by atoms with E-state index in [1.807, 2.05) is 0 Å². The molecule has 0 aliphatic carbocycles. The summed E-state index contributed by atoms with van der Waals surface area (Å²) in [6.07, 6.45) is 2.73. The van der Waals surface area contributed by atoms with Gasteiger partial charge in [-0.1, -0.05) is 13.8 Å². The average Bonchev–Trinajstić information content (AvgIpc) is 2.09. The van der Waals surface area contributed by atoms with Gasteiger partial charge >= 0.3 is 0 Å². The third kappa shape index (κ3) is 2.46. The van der Waals surface area contributed by atoms with Crippen molar-refractivity contribution in [3.8, 4) is 0 Å². The Hall–Kier alpha value is -0.0800. The standard InChI is InChI=1S/C9H20N2/c1-3-11(4-2)9-6-5-7-10-8-9/h9-10H,3-8H2,1-2H3/t9-/m1/s1. The van der Waals surface area contributed by atoms with E-state index >= 15 is 0 Å². The van der Waals surface area contributed by atoms with Gasteiger partial charge in [0, 0.05) is 12.6 Å². The Balaban J connectivity index is 2.30. The molecule has 0 aromatic carbocycles. The molecule has 1 saturated heterocycles. The van der Waals surface area contributed by atoms with E-state index in [0.717, 1.165) is 6.04 Å². The average molecular weight is 156 g/mol. The van der Waals surface area contributed by atoms with Gasteiger partial charge in [-0.25, -0.2) is 0 Å². The molecule has 0 spiro atoms. The Labute approximate surface area is 70.0 Å². The highest BCUT2D eigenvalue weighted by molar-refractivity contribution is 4.76. The third-order valence-corrected chi connectivity index (χ3v) is 2.60. The molecule has 0 bridgehead atoms. The zero-order valence-electron chi connectivity index (χ0n) is 7.77. The van der Waals surface area contributed by atoms with E-state index in [1.165, 1.54) is 39.0 Å². The van der Waals surface area contributed by atoms with Crippen molar-refractivity contribution in [1.82, 2.24) is 10.2 Å². The van der Waals surface area contributed by atoms with Crippen molar-refractivity contribution in [2.45, 2.75) is 32.7 Å². The molecule has 0 radical (unpaired) electrons. The number of hydrogen-bond donors (Lipinski definition) is 1. The molecule has 0 amide bonds. The molecule has 11 heavy (non-hydrogen) atoms. The van der Waals surface area contributed by atoms with Crippen molar-refractivity contribution in [1.29, 1.82) is 0 Å². The summed E-state index contributed by atoms with van der Waals surface area (Å²) in [4.78, 5) is 2.55. The van der Waals surface area contributed by atoms with Crippen molar-refractivity contribution >= 4 is 0 Å². The van der Waals surface area contributed by atoms with Gasteiger partial charge in [0.15, 0.2) is 0 Å². The van der Waals surface area contributed by atoms with Gasteiger partial charge in [0.1, 0.15) is 0 Å². The van der Waals surface area contributed by atoms with Gasteiger partial charge in [-0.3, -0.25) is 4.90 Å². The molecule has 1 fully saturated rings. The Morgan fingerprint density at radius 1 is 1.36 bits per heavy atom. The van der Waals surface area contributed by atoms with Crippen LogP contribution in [0.1, 0.15) is 26.7 Å². The number of nitrogens with one attached hydrogen (secondary N) is 1. The molecule has 1 aliphatic rings. The lowest BCUT2D eigenvalue weighted by Gasteiger charge is -2.32. The molecule has 1 atom stereocenters. The Morgan fingerprint density at radius 3 is 2.55 bits per heavy atom. The van der Waals surface area contributed by atoms with Crippen LogP contribution in [0.15, 0.2) is 0 Å². The van der Waals surface area contributed by atoms with Gasteiger partial charge in [-0.15, -0.1) is 0 Å². The number of rotatable bonds is 3. The Kier molecular flexibility index (Phi) is 3.87. The minimum absolute atomic E-state index is 0.804. The topological polar surface area (TPSA) is 15.3 Å². The molecule has 0 saturated carbocycles. The first-order valence-corrected chi connectivity index (χ1v) is 4.83. The highest BCUT2D eigenvalue weighted by Crippen LogP contribution is 2.08. The van der Waals surface area contributed by atoms with Crippen LogP contribution in [0.25, 0.3) is 0 Å². The van der Waals surface area contributed by atoms with E-state index in [1.54, 1.807) is 0 Å². The molecular weight excluding hydrogens is 136 g/mol. The molecule has 2 nitrogen and oxygen atoms in total. The van der Waals surface area contributed by atoms with E-state index in [-0.39, 0.29) is 0 Å². The summed E-state index contributed by atoms with van der Waals surface area (Å²) >= 11 is 0. The predicted octanol–water partition coefficient (Wildman–Crippen LogP) is 1.08. The molecule has 0 unspecified atom stereocenters. The number of likely N-dealkylation sites (N-methyl/N-ethyl adjacent to an activating group) is 1. The molecule has 0 aromatic heterocycles. The Morgan fingerprint density at radius 2 is 2.09 bits per heavy atom. The number of piperidine rings is 1. The second-order valence-electron chi connectivity index (χ2n) is 3.22. The lowest BCUT2D eigenvalue weighted by molar-refractivity contribution is 0.182. The van der Waals surface area contributed by atoms with E-state index in [9.17, 15) is 0 Å². The van der Waals surface area contributed by atoms with E-state index in [0.29, 0.717) is 0 Å². The second kappa shape index (κ2) is 4.73. The van der Waals surface area contributed by atoms with Gasteiger partial charge in [-0.05, 0) is 32.5 Å². The smallest absolute Gasteiger partial charge is 0.0220 e. The zero-order valence-corrected chi connectivity index (χ0v) is 7.77. The summed E-state index contributed by atoms with van der Waals surface area (Å²) in [5.74, 6) is 0. The fraction of sp³-hybridized carbons (Fsp3) is 1.00. The molecule has 1 aliphatic heterocycles. The molecule has 66 valence electrons. The normalized spacial score (nSPS) is 25.9. The van der Waals surface area contributed by atoms with Crippen LogP contribution in [-0.2, 0) is 0 Å². The minimum Gasteiger partial charge on any atom is -0.315 e. The largest absolute Gasteiger partial charge is 0.315 e. The van der Waals surface area contributed by atoms with Gasteiger partial charge in [0.2, 0.25) is 0 Å². The van der Waals surface area contributed by atoms with Gasteiger partial charge in [0.05, 0.1) is 0 Å². The molecule has 0 aromatic rings. The molecule has 1 heterocycles. The molecule has 1 N–H and O–H groups in total. The van der Waals surface area contributed by atoms with Crippen molar-refractivity contribution in [3.63, 3.8) is 0 Å². The van der Waals surface area contributed by atoms with Gasteiger partial charge in [-0.2, -0.15) is 0 Å². The van der Waals surface area contributed by atoms with Crippen LogP contribution in [0.2, 0.25) is 0 Å². The maximum Gasteiger partial charge on any atom is 0.0220 e. The summed E-state index contributed by atoms with van der Waals surface area (Å²) in [7, 11) is 0. The first kappa shape index (κ1) is 9.01. The van der Waals surface area contributed by atoms with Crippen LogP contribution in [0.5, 0.6) is 0 Å². The van der Waals surface area contributed by atoms with E-state index in [2.05, 4.69) is 24.1 Å². The summed E-state index contributed by atoms with van der Waals surface area (Å²) in [6.45, 7) is 9.31. The van der Waals surface area contributed by atoms with Crippen molar-refractivity contribution in [3.05, 3.63) is 0 Å². The summed E-state index contributed by atoms with van der Waals surface area (Å²) in [5, 5.41) is 3.44. The summed E-state index contributed by atoms with van der Waals surface area (Å²) in [6, 6.07) is 0.804. The fourth-order valence-corrected chi connectivity index (χ4v) is 1.89. The predicted molar refractivity (Wildman–Crippen MR) is 48.8 cm³/mol. The summed E-state index contributed by atoms with van der Waals surface area (Å²) in [5.41, 5.74) is 0. The second-order valence-corrected chi connectivity index (χ2v) is 3.22. The first-order chi connectivity index (χ1) is 5.38. The third-order valence-electron chi connectivity index (χ3n) is 2.60. The minimum atomic E-state index is 0.804. The maximum atomic E-state index is 3.44. The zero-order chi connectivity index (χ0) is 8.10. The quantitative estimate of drug-likeness (QED) is 0.658. The number of hydrogen-bond acceptors (Lipinski definition) is 2. The van der Waals surface area contributed by atoms with Crippen LogP contribution in [0, 0.1) is 0 Å². The molecule has 2 heteroatoms. The van der Waals surface area contributed by atoms with Crippen LogP contribution in [0.4, 0.5) is 0 Å². The maximum absolute atomic E-state index is 3.44. The van der Waals surface area contributed by atoms with Crippen molar-refractivity contribution in [2.75, 3.05) is 26.2 Å². The first-order valence-electron chi connectivity index (χ1n) is 4.83. The van der Waals surface area contributed by atoms with Crippen LogP contribution >= 0.6 is 0 Å².